The molecular weight excluding hydrogens is 420 g/mol. The normalized spacial score (nSPS) is 14.9. The fourth-order valence-corrected chi connectivity index (χ4v) is 5.70. The van der Waals surface area contributed by atoms with Crippen molar-refractivity contribution in [2.24, 2.45) is 0 Å². The zero-order valence-corrected chi connectivity index (χ0v) is 26.2. The predicted octanol–water partition coefficient (Wildman–Crippen LogP) is 10.7. The molecule has 0 aliphatic rings. The molecule has 35 heavy (non-hydrogen) atoms. The van der Waals surface area contributed by atoms with Crippen LogP contribution in [0, 0.1) is 0 Å². The molecule has 2 aromatic rings. The number of hydrogen-bond acceptors (Lipinski definition) is 0. The van der Waals surface area contributed by atoms with Crippen LogP contribution in [0.4, 0.5) is 0 Å². The zero-order chi connectivity index (χ0) is 27.4. The summed E-state index contributed by atoms with van der Waals surface area (Å²) in [5.41, 5.74) is 11.0. The maximum atomic E-state index is 2.50. The topological polar surface area (TPSA) is 0 Å². The van der Waals surface area contributed by atoms with Gasteiger partial charge in [-0.15, -0.1) is 0 Å². The van der Waals surface area contributed by atoms with E-state index in [2.05, 4.69) is 141 Å². The van der Waals surface area contributed by atoms with Crippen LogP contribution in [-0.2, 0) is 27.1 Å². The Labute approximate surface area is 219 Å². The van der Waals surface area contributed by atoms with E-state index in [9.17, 15) is 0 Å². The summed E-state index contributed by atoms with van der Waals surface area (Å²) in [4.78, 5) is 0. The van der Waals surface area contributed by atoms with Gasteiger partial charge in [-0.3, -0.25) is 0 Å². The van der Waals surface area contributed by atoms with Crippen LogP contribution in [0.3, 0.4) is 0 Å². The number of hydrogen-bond donors (Lipinski definition) is 0. The average molecular weight is 477 g/mol. The molecule has 0 saturated carbocycles. The van der Waals surface area contributed by atoms with Crippen LogP contribution in [0.2, 0.25) is 0 Å². The van der Waals surface area contributed by atoms with Gasteiger partial charge in [0.05, 0.1) is 0 Å². The van der Waals surface area contributed by atoms with Gasteiger partial charge < -0.3 is 0 Å². The van der Waals surface area contributed by atoms with Crippen molar-refractivity contribution in [2.45, 2.75) is 150 Å². The Bertz CT molecular complexity index is 1030. The van der Waals surface area contributed by atoms with Crippen LogP contribution in [0.15, 0.2) is 30.3 Å². The molecule has 0 amide bonds. The van der Waals surface area contributed by atoms with E-state index in [4.69, 9.17) is 0 Å². The standard InChI is InChI=1S/C35H56/c1-17-24(25-19-18-23(31(2,3)4)22-28(25)33(8,9)10)26-20-21-27(32(5,6)7)30(35(14,15)16)29(26)34(11,12)13/h18-22,24H,17H2,1-16H3. The van der Waals surface area contributed by atoms with Gasteiger partial charge in [0.25, 0.3) is 0 Å². The first kappa shape index (κ1) is 29.7. The lowest BCUT2D eigenvalue weighted by molar-refractivity contribution is 0.490. The number of rotatable bonds is 3. The molecule has 2 rings (SSSR count). The van der Waals surface area contributed by atoms with E-state index in [-0.39, 0.29) is 27.1 Å². The quantitative estimate of drug-likeness (QED) is 0.413. The van der Waals surface area contributed by atoms with E-state index in [0.29, 0.717) is 5.92 Å². The highest BCUT2D eigenvalue weighted by Gasteiger charge is 2.36. The van der Waals surface area contributed by atoms with E-state index in [1.807, 2.05) is 0 Å². The maximum absolute atomic E-state index is 2.50. The molecule has 1 atom stereocenters. The molecular formula is C35H56. The third kappa shape index (κ3) is 6.42. The van der Waals surface area contributed by atoms with Gasteiger partial charge >= 0.3 is 0 Å². The fraction of sp³-hybridized carbons (Fsp3) is 0.657. The monoisotopic (exact) mass is 476 g/mol. The van der Waals surface area contributed by atoms with Gasteiger partial charge in [-0.2, -0.15) is 0 Å². The first-order chi connectivity index (χ1) is 15.5. The Morgan fingerprint density at radius 1 is 0.486 bits per heavy atom. The van der Waals surface area contributed by atoms with Crippen LogP contribution in [0.5, 0.6) is 0 Å². The Morgan fingerprint density at radius 2 is 0.943 bits per heavy atom. The maximum Gasteiger partial charge on any atom is 0.00927 e. The van der Waals surface area contributed by atoms with Gasteiger partial charge in [-0.25, -0.2) is 0 Å². The van der Waals surface area contributed by atoms with Crippen molar-refractivity contribution < 1.29 is 0 Å². The zero-order valence-electron chi connectivity index (χ0n) is 26.2. The van der Waals surface area contributed by atoms with E-state index < -0.39 is 0 Å². The molecule has 0 N–H and O–H groups in total. The molecule has 0 bridgehead atoms. The van der Waals surface area contributed by atoms with Gasteiger partial charge in [0.2, 0.25) is 0 Å². The van der Waals surface area contributed by atoms with Crippen LogP contribution in [0.1, 0.15) is 162 Å². The summed E-state index contributed by atoms with van der Waals surface area (Å²) in [5, 5.41) is 0. The lowest BCUT2D eigenvalue weighted by Gasteiger charge is -2.40. The molecule has 0 aliphatic carbocycles. The Morgan fingerprint density at radius 3 is 1.31 bits per heavy atom. The van der Waals surface area contributed by atoms with Crippen molar-refractivity contribution in [2.75, 3.05) is 0 Å². The largest absolute Gasteiger partial charge is 0.0645 e. The van der Waals surface area contributed by atoms with Gasteiger partial charge in [0, 0.05) is 5.92 Å². The van der Waals surface area contributed by atoms with Gasteiger partial charge in [0.1, 0.15) is 0 Å². The van der Waals surface area contributed by atoms with E-state index >= 15 is 0 Å². The first-order valence-corrected chi connectivity index (χ1v) is 13.8. The second kappa shape index (κ2) is 9.39. The SMILES string of the molecule is CCC(c1ccc(C(C)(C)C)cc1C(C)(C)C)c1ccc(C(C)(C)C)c(C(C)(C)C)c1C(C)(C)C. The summed E-state index contributed by atoms with van der Waals surface area (Å²) in [6, 6.07) is 12.3. The van der Waals surface area contributed by atoms with E-state index in [1.54, 1.807) is 11.1 Å². The predicted molar refractivity (Wildman–Crippen MR) is 159 cm³/mol. The van der Waals surface area contributed by atoms with Crippen molar-refractivity contribution in [3.05, 3.63) is 69.3 Å². The molecule has 0 saturated heterocycles. The molecule has 2 aromatic carbocycles. The third-order valence-corrected chi connectivity index (χ3v) is 7.43. The lowest BCUT2D eigenvalue weighted by atomic mass is 9.64. The van der Waals surface area contributed by atoms with Crippen molar-refractivity contribution in [1.29, 1.82) is 0 Å². The second-order valence-electron chi connectivity index (χ2n) is 16.0. The second-order valence-corrected chi connectivity index (χ2v) is 16.0. The Kier molecular flexibility index (Phi) is 7.96. The molecule has 0 spiro atoms. The first-order valence-electron chi connectivity index (χ1n) is 13.8. The van der Waals surface area contributed by atoms with Gasteiger partial charge in [-0.1, -0.05) is 141 Å². The van der Waals surface area contributed by atoms with Crippen LogP contribution >= 0.6 is 0 Å². The molecule has 0 aliphatic heterocycles. The van der Waals surface area contributed by atoms with Crippen LogP contribution in [0.25, 0.3) is 0 Å². The fourth-order valence-electron chi connectivity index (χ4n) is 5.70. The summed E-state index contributed by atoms with van der Waals surface area (Å²) in [5.74, 6) is 0.377. The molecule has 0 aromatic heterocycles. The third-order valence-electron chi connectivity index (χ3n) is 7.43. The summed E-state index contributed by atoms with van der Waals surface area (Å²) in [7, 11) is 0. The molecule has 1 unspecified atom stereocenters. The smallest absolute Gasteiger partial charge is 0.00927 e. The minimum atomic E-state index is 0.0554. The Hall–Kier alpha value is -1.56. The van der Waals surface area contributed by atoms with Gasteiger partial charge in [0.15, 0.2) is 0 Å². The molecule has 196 valence electrons. The Balaban J connectivity index is 3.02. The molecule has 0 radical (unpaired) electrons. The number of benzene rings is 2. The van der Waals surface area contributed by atoms with Crippen molar-refractivity contribution in [3.63, 3.8) is 0 Å². The molecule has 0 heterocycles. The van der Waals surface area contributed by atoms with E-state index in [1.165, 1.54) is 27.8 Å². The average Bonchev–Trinajstić information content (AvgIpc) is 2.64. The highest BCUT2D eigenvalue weighted by molar-refractivity contribution is 5.55. The summed E-state index contributed by atoms with van der Waals surface area (Å²) < 4.78 is 0. The summed E-state index contributed by atoms with van der Waals surface area (Å²) in [6.07, 6.45) is 1.10. The van der Waals surface area contributed by atoms with Crippen LogP contribution in [-0.4, -0.2) is 0 Å². The van der Waals surface area contributed by atoms with Crippen LogP contribution < -0.4 is 0 Å². The summed E-state index contributed by atoms with van der Waals surface area (Å²) >= 11 is 0. The lowest BCUT2D eigenvalue weighted by Crippen LogP contribution is -2.30. The van der Waals surface area contributed by atoms with Gasteiger partial charge in [-0.05, 0) is 72.4 Å². The van der Waals surface area contributed by atoms with Crippen molar-refractivity contribution in [1.82, 2.24) is 0 Å². The van der Waals surface area contributed by atoms with Crippen molar-refractivity contribution >= 4 is 0 Å². The highest BCUT2D eigenvalue weighted by Crippen LogP contribution is 2.47. The summed E-state index contributed by atoms with van der Waals surface area (Å²) in [6.45, 7) is 38.0. The molecule has 0 fully saturated rings. The van der Waals surface area contributed by atoms with Crippen molar-refractivity contribution in [3.8, 4) is 0 Å². The highest BCUT2D eigenvalue weighted by atomic mass is 14.4. The minimum absolute atomic E-state index is 0.0554. The van der Waals surface area contributed by atoms with E-state index in [0.717, 1.165) is 6.42 Å². The minimum Gasteiger partial charge on any atom is -0.0645 e. The molecule has 0 heteroatoms. The molecule has 0 nitrogen and oxygen atoms in total.